The molecular weight excluding hydrogens is 307 g/mol. The number of hydrogen-bond donors (Lipinski definition) is 2. The van der Waals surface area contributed by atoms with Crippen molar-refractivity contribution in [2.24, 2.45) is 0 Å². The van der Waals surface area contributed by atoms with Gasteiger partial charge < -0.3 is 15.4 Å². The van der Waals surface area contributed by atoms with Crippen LogP contribution < -0.4 is 15.4 Å². The molecule has 1 unspecified atom stereocenters. The normalized spacial score (nSPS) is 12.4. The number of carbonyl (C=O) groups excluding carboxylic acids is 1. The van der Waals surface area contributed by atoms with Crippen LogP contribution in [-0.4, -0.2) is 18.6 Å². The summed E-state index contributed by atoms with van der Waals surface area (Å²) in [7, 11) is 1.60. The number of ether oxygens (including phenoxy) is 1. The van der Waals surface area contributed by atoms with Gasteiger partial charge in [0.05, 0.1) is 7.11 Å². The predicted molar refractivity (Wildman–Crippen MR) is 93.7 cm³/mol. The molecule has 0 aliphatic rings. The number of benzene rings is 2. The fraction of sp³-hybridized carbons (Fsp3) is 0.316. The highest BCUT2D eigenvalue weighted by atomic mass is 19.1. The summed E-state index contributed by atoms with van der Waals surface area (Å²) in [4.78, 5) is 12.7. The van der Waals surface area contributed by atoms with Gasteiger partial charge in [-0.2, -0.15) is 0 Å². The lowest BCUT2D eigenvalue weighted by atomic mass is 10.0. The van der Waals surface area contributed by atoms with Gasteiger partial charge in [-0.25, -0.2) is 4.39 Å². The van der Waals surface area contributed by atoms with Gasteiger partial charge in [-0.3, -0.25) is 4.79 Å². The average molecular weight is 330 g/mol. The Morgan fingerprint density at radius 3 is 2.12 bits per heavy atom. The van der Waals surface area contributed by atoms with Crippen LogP contribution in [0, 0.1) is 5.82 Å². The van der Waals surface area contributed by atoms with E-state index in [2.05, 4.69) is 10.6 Å². The molecule has 0 saturated carbocycles. The number of carbonyl (C=O) groups is 1. The van der Waals surface area contributed by atoms with Gasteiger partial charge >= 0.3 is 0 Å². The summed E-state index contributed by atoms with van der Waals surface area (Å²) in [5.74, 6) is 0.223. The van der Waals surface area contributed by atoms with E-state index in [9.17, 15) is 9.18 Å². The summed E-state index contributed by atoms with van der Waals surface area (Å²) < 4.78 is 18.3. The lowest BCUT2D eigenvalue weighted by Crippen LogP contribution is -2.44. The molecule has 4 nitrogen and oxygen atoms in total. The Bertz CT molecular complexity index is 676. The van der Waals surface area contributed by atoms with Gasteiger partial charge in [0, 0.05) is 11.2 Å². The van der Waals surface area contributed by atoms with Crippen LogP contribution in [0.4, 0.5) is 10.1 Å². The van der Waals surface area contributed by atoms with Crippen molar-refractivity contribution in [1.82, 2.24) is 5.32 Å². The Hall–Kier alpha value is -2.56. The highest BCUT2D eigenvalue weighted by Crippen LogP contribution is 2.23. The Kier molecular flexibility index (Phi) is 5.44. The summed E-state index contributed by atoms with van der Waals surface area (Å²) in [6, 6.07) is 12.6. The molecule has 2 aromatic rings. The fourth-order valence-corrected chi connectivity index (χ4v) is 2.25. The van der Waals surface area contributed by atoms with Crippen LogP contribution in [0.5, 0.6) is 5.75 Å². The van der Waals surface area contributed by atoms with E-state index in [1.807, 2.05) is 45.0 Å². The van der Waals surface area contributed by atoms with Gasteiger partial charge in [0.15, 0.2) is 0 Å². The molecule has 2 aromatic carbocycles. The van der Waals surface area contributed by atoms with Crippen LogP contribution >= 0.6 is 0 Å². The summed E-state index contributed by atoms with van der Waals surface area (Å²) in [5, 5.41) is 6.15. The van der Waals surface area contributed by atoms with Gasteiger partial charge in [0.2, 0.25) is 5.91 Å². The highest BCUT2D eigenvalue weighted by molar-refractivity contribution is 5.86. The molecule has 0 aromatic heterocycles. The molecular formula is C19H23FN2O2. The molecule has 0 radical (unpaired) electrons. The van der Waals surface area contributed by atoms with E-state index in [-0.39, 0.29) is 17.3 Å². The maximum Gasteiger partial charge on any atom is 0.247 e. The zero-order valence-electron chi connectivity index (χ0n) is 14.4. The summed E-state index contributed by atoms with van der Waals surface area (Å²) in [6.45, 7) is 5.75. The molecule has 1 amide bonds. The molecule has 5 heteroatoms. The maximum absolute atomic E-state index is 13.2. The van der Waals surface area contributed by atoms with Crippen molar-refractivity contribution < 1.29 is 13.9 Å². The largest absolute Gasteiger partial charge is 0.497 e. The van der Waals surface area contributed by atoms with E-state index in [0.29, 0.717) is 5.56 Å². The van der Waals surface area contributed by atoms with Gasteiger partial charge in [0.25, 0.3) is 0 Å². The zero-order chi connectivity index (χ0) is 17.7. The van der Waals surface area contributed by atoms with Crippen molar-refractivity contribution in [2.45, 2.75) is 32.4 Å². The fourth-order valence-electron chi connectivity index (χ4n) is 2.25. The number of methoxy groups -OCH3 is 1. The van der Waals surface area contributed by atoms with E-state index in [1.54, 1.807) is 19.2 Å². The quantitative estimate of drug-likeness (QED) is 0.874. The molecule has 0 saturated heterocycles. The molecule has 0 fully saturated rings. The minimum atomic E-state index is -0.627. The SMILES string of the molecule is COc1ccc(NC(C(=O)NC(C)(C)C)c2ccc(F)cc2)cc1. The maximum atomic E-state index is 13.2. The average Bonchev–Trinajstić information content (AvgIpc) is 2.52. The van der Waals surface area contributed by atoms with Crippen LogP contribution in [-0.2, 0) is 4.79 Å². The van der Waals surface area contributed by atoms with E-state index in [4.69, 9.17) is 4.74 Å². The molecule has 1 atom stereocenters. The highest BCUT2D eigenvalue weighted by Gasteiger charge is 2.24. The Morgan fingerprint density at radius 2 is 1.62 bits per heavy atom. The second-order valence-electron chi connectivity index (χ2n) is 6.60. The first-order valence-corrected chi connectivity index (χ1v) is 7.76. The standard InChI is InChI=1S/C19H23FN2O2/c1-19(2,3)22-18(23)17(13-5-7-14(20)8-6-13)21-15-9-11-16(24-4)12-10-15/h5-12,17,21H,1-4H3,(H,22,23). The van der Waals surface area contributed by atoms with Crippen molar-refractivity contribution in [3.8, 4) is 5.75 Å². The molecule has 2 rings (SSSR count). The van der Waals surface area contributed by atoms with Crippen LogP contribution in [0.3, 0.4) is 0 Å². The second-order valence-corrected chi connectivity index (χ2v) is 6.60. The van der Waals surface area contributed by atoms with E-state index < -0.39 is 6.04 Å². The van der Waals surface area contributed by atoms with Crippen molar-refractivity contribution in [1.29, 1.82) is 0 Å². The van der Waals surface area contributed by atoms with Gasteiger partial charge in [-0.15, -0.1) is 0 Å². The second kappa shape index (κ2) is 7.34. The van der Waals surface area contributed by atoms with Gasteiger partial charge in [-0.1, -0.05) is 12.1 Å². The first-order valence-electron chi connectivity index (χ1n) is 7.76. The topological polar surface area (TPSA) is 50.4 Å². The molecule has 0 aliphatic heterocycles. The van der Waals surface area contributed by atoms with Crippen molar-refractivity contribution in [3.05, 3.63) is 59.9 Å². The Morgan fingerprint density at radius 1 is 1.04 bits per heavy atom. The minimum Gasteiger partial charge on any atom is -0.497 e. The van der Waals surface area contributed by atoms with Crippen molar-refractivity contribution >= 4 is 11.6 Å². The minimum absolute atomic E-state index is 0.176. The lowest BCUT2D eigenvalue weighted by molar-refractivity contribution is -0.123. The number of amides is 1. The van der Waals surface area contributed by atoms with E-state index in [0.717, 1.165) is 11.4 Å². The predicted octanol–water partition coefficient (Wildman–Crippen LogP) is 3.90. The Labute approximate surface area is 142 Å². The number of rotatable bonds is 5. The molecule has 0 aliphatic carbocycles. The molecule has 0 bridgehead atoms. The van der Waals surface area contributed by atoms with Gasteiger partial charge in [0.1, 0.15) is 17.6 Å². The number of hydrogen-bond acceptors (Lipinski definition) is 3. The summed E-state index contributed by atoms with van der Waals surface area (Å²) in [6.07, 6.45) is 0. The Balaban J connectivity index is 2.27. The van der Waals surface area contributed by atoms with E-state index >= 15 is 0 Å². The third-order valence-electron chi connectivity index (χ3n) is 3.36. The number of anilines is 1. The van der Waals surface area contributed by atoms with Crippen LogP contribution in [0.1, 0.15) is 32.4 Å². The van der Waals surface area contributed by atoms with Crippen molar-refractivity contribution in [2.75, 3.05) is 12.4 Å². The first kappa shape index (κ1) is 17.8. The molecule has 2 N–H and O–H groups in total. The first-order chi connectivity index (χ1) is 11.3. The number of nitrogens with one attached hydrogen (secondary N) is 2. The summed E-state index contributed by atoms with van der Waals surface area (Å²) in [5.41, 5.74) is 1.10. The molecule has 0 spiro atoms. The molecule has 128 valence electrons. The smallest absolute Gasteiger partial charge is 0.247 e. The van der Waals surface area contributed by atoms with E-state index in [1.165, 1.54) is 12.1 Å². The molecule has 0 heterocycles. The van der Waals surface area contributed by atoms with Crippen molar-refractivity contribution in [3.63, 3.8) is 0 Å². The van der Waals surface area contributed by atoms with Crippen LogP contribution in [0.25, 0.3) is 0 Å². The van der Waals surface area contributed by atoms with Gasteiger partial charge in [-0.05, 0) is 62.7 Å². The summed E-state index contributed by atoms with van der Waals surface area (Å²) >= 11 is 0. The third-order valence-corrected chi connectivity index (χ3v) is 3.36. The molecule has 24 heavy (non-hydrogen) atoms. The zero-order valence-corrected chi connectivity index (χ0v) is 14.4. The van der Waals surface area contributed by atoms with Crippen LogP contribution in [0.2, 0.25) is 0 Å². The monoisotopic (exact) mass is 330 g/mol. The number of halogens is 1. The lowest BCUT2D eigenvalue weighted by Gasteiger charge is -2.26. The van der Waals surface area contributed by atoms with Crippen LogP contribution in [0.15, 0.2) is 48.5 Å². The third kappa shape index (κ3) is 4.98.